The molecule has 7 heteroatoms. The predicted octanol–water partition coefficient (Wildman–Crippen LogP) is 4.84. The Hall–Kier alpha value is -3.32. The van der Waals surface area contributed by atoms with Gasteiger partial charge in [0.05, 0.1) is 0 Å². The Kier molecular flexibility index (Phi) is 6.64. The smallest absolute Gasteiger partial charge is 0.408 e. The first-order chi connectivity index (χ1) is 18.4. The maximum absolute atomic E-state index is 13.6. The average molecular weight is 515 g/mol. The Balaban J connectivity index is 1.17. The molecule has 1 heterocycles. The fourth-order valence-corrected chi connectivity index (χ4v) is 7.45. The van der Waals surface area contributed by atoms with Crippen molar-refractivity contribution in [2.24, 2.45) is 29.4 Å². The fraction of sp³-hybridized carbons (Fsp3) is 0.484. The van der Waals surface area contributed by atoms with Crippen LogP contribution in [0.15, 0.2) is 60.7 Å². The molecule has 1 aromatic heterocycles. The summed E-state index contributed by atoms with van der Waals surface area (Å²) in [6, 6.07) is 19.4. The van der Waals surface area contributed by atoms with Crippen LogP contribution in [0.3, 0.4) is 0 Å². The number of carbonyl (C=O) groups excluding carboxylic acids is 2. The predicted molar refractivity (Wildman–Crippen MR) is 147 cm³/mol. The molecule has 38 heavy (non-hydrogen) atoms. The number of aromatic amines is 1. The van der Waals surface area contributed by atoms with E-state index in [2.05, 4.69) is 15.6 Å². The van der Waals surface area contributed by atoms with Crippen LogP contribution in [-0.4, -0.2) is 35.2 Å². The summed E-state index contributed by atoms with van der Waals surface area (Å²) >= 11 is 0. The zero-order valence-corrected chi connectivity index (χ0v) is 22.0. The summed E-state index contributed by atoms with van der Waals surface area (Å²) in [4.78, 5) is 30.4. The quantitative estimate of drug-likeness (QED) is 0.345. The van der Waals surface area contributed by atoms with Crippen LogP contribution in [0.25, 0.3) is 10.9 Å². The minimum atomic E-state index is -1.22. The Morgan fingerprint density at radius 2 is 1.66 bits per heavy atom. The van der Waals surface area contributed by atoms with Crippen LogP contribution in [-0.2, 0) is 16.0 Å². The van der Waals surface area contributed by atoms with Crippen LogP contribution in [0, 0.1) is 23.7 Å². The van der Waals surface area contributed by atoms with E-state index in [9.17, 15) is 9.59 Å². The summed E-state index contributed by atoms with van der Waals surface area (Å²) in [5.74, 6) is 2.22. The highest BCUT2D eigenvalue weighted by Gasteiger charge is 2.50. The Bertz CT molecular complexity index is 1240. The minimum Gasteiger partial charge on any atom is -0.446 e. The maximum Gasteiger partial charge on any atom is 0.408 e. The number of benzene rings is 2. The summed E-state index contributed by atoms with van der Waals surface area (Å²) < 4.78 is 6.10. The Morgan fingerprint density at radius 3 is 2.34 bits per heavy atom. The molecule has 2 unspecified atom stereocenters. The van der Waals surface area contributed by atoms with Gasteiger partial charge in [-0.25, -0.2) is 4.79 Å². The van der Waals surface area contributed by atoms with E-state index in [4.69, 9.17) is 10.5 Å². The van der Waals surface area contributed by atoms with E-state index in [1.54, 1.807) is 6.92 Å². The number of H-pyrrole nitrogens is 1. The number of amides is 2. The van der Waals surface area contributed by atoms with Gasteiger partial charge in [0.15, 0.2) is 0 Å². The van der Waals surface area contributed by atoms with Gasteiger partial charge in [0, 0.05) is 30.2 Å². The Morgan fingerprint density at radius 1 is 1.00 bits per heavy atom. The van der Waals surface area contributed by atoms with Crippen molar-refractivity contribution in [3.05, 3.63) is 71.9 Å². The second-order valence-electron chi connectivity index (χ2n) is 12.0. The monoisotopic (exact) mass is 514 g/mol. The van der Waals surface area contributed by atoms with Crippen LogP contribution in [0.2, 0.25) is 0 Å². The topological polar surface area (TPSA) is 109 Å². The normalized spacial score (nSPS) is 28.0. The van der Waals surface area contributed by atoms with Crippen molar-refractivity contribution in [1.82, 2.24) is 15.6 Å². The van der Waals surface area contributed by atoms with Crippen molar-refractivity contribution in [1.29, 1.82) is 0 Å². The van der Waals surface area contributed by atoms with Gasteiger partial charge < -0.3 is 26.1 Å². The number of hydrogen-bond acceptors (Lipinski definition) is 4. The lowest BCUT2D eigenvalue weighted by Gasteiger charge is -2.53. The molecule has 3 aromatic rings. The number of aromatic nitrogens is 1. The fourth-order valence-electron chi connectivity index (χ4n) is 7.45. The highest BCUT2D eigenvalue weighted by Crippen LogP contribution is 2.54. The van der Waals surface area contributed by atoms with Gasteiger partial charge in [-0.2, -0.15) is 0 Å². The van der Waals surface area contributed by atoms with Crippen LogP contribution in [0.4, 0.5) is 4.79 Å². The highest BCUT2D eigenvalue weighted by atomic mass is 16.6. The lowest BCUT2D eigenvalue weighted by atomic mass is 9.55. The van der Waals surface area contributed by atoms with Gasteiger partial charge in [0.2, 0.25) is 5.91 Å². The van der Waals surface area contributed by atoms with Crippen molar-refractivity contribution in [3.63, 3.8) is 0 Å². The van der Waals surface area contributed by atoms with E-state index in [1.165, 1.54) is 6.42 Å². The molecule has 0 saturated heterocycles. The number of para-hydroxylation sites is 1. The summed E-state index contributed by atoms with van der Waals surface area (Å²) in [5.41, 5.74) is 7.93. The number of fused-ring (bicyclic) bond motifs is 1. The lowest BCUT2D eigenvalue weighted by Crippen LogP contribution is -2.60. The van der Waals surface area contributed by atoms with E-state index in [0.717, 1.165) is 59.7 Å². The van der Waals surface area contributed by atoms with Gasteiger partial charge in [-0.15, -0.1) is 0 Å². The molecule has 4 saturated carbocycles. The van der Waals surface area contributed by atoms with E-state index < -0.39 is 11.6 Å². The molecule has 4 aliphatic carbocycles. The summed E-state index contributed by atoms with van der Waals surface area (Å²) in [6.45, 7) is 2.03. The van der Waals surface area contributed by atoms with Crippen LogP contribution in [0.1, 0.15) is 56.3 Å². The first kappa shape index (κ1) is 25.0. The van der Waals surface area contributed by atoms with Crippen molar-refractivity contribution in [3.8, 4) is 0 Å². The molecule has 5 N–H and O–H groups in total. The van der Waals surface area contributed by atoms with Crippen molar-refractivity contribution in [2.45, 2.75) is 63.1 Å². The molecule has 0 radical (unpaired) electrons. The van der Waals surface area contributed by atoms with Crippen molar-refractivity contribution < 1.29 is 14.3 Å². The summed E-state index contributed by atoms with van der Waals surface area (Å²) in [6.07, 6.45) is 5.73. The van der Waals surface area contributed by atoms with E-state index in [1.807, 2.05) is 60.7 Å². The van der Waals surface area contributed by atoms with Gasteiger partial charge in [-0.1, -0.05) is 48.5 Å². The van der Waals surface area contributed by atoms with Gasteiger partial charge >= 0.3 is 6.09 Å². The molecule has 7 rings (SSSR count). The average Bonchev–Trinajstić information content (AvgIpc) is 3.31. The lowest BCUT2D eigenvalue weighted by molar-refractivity contribution is -0.127. The number of nitrogens with one attached hydrogen (secondary N) is 3. The highest BCUT2D eigenvalue weighted by molar-refractivity contribution is 5.90. The van der Waals surface area contributed by atoms with Crippen molar-refractivity contribution >= 4 is 22.9 Å². The second-order valence-corrected chi connectivity index (χ2v) is 12.0. The van der Waals surface area contributed by atoms with E-state index in [0.29, 0.717) is 18.3 Å². The molecule has 200 valence electrons. The number of alkyl carbamates (subject to hydrolysis) is 1. The minimum absolute atomic E-state index is 0.0466. The summed E-state index contributed by atoms with van der Waals surface area (Å²) in [5, 5.41) is 7.02. The van der Waals surface area contributed by atoms with Gasteiger partial charge in [0.1, 0.15) is 11.6 Å². The SMILES string of the molecule is CC(Cc1cc2ccccc2[nH]1)(NC(=O)OC1C2CC3CC(C2)CC1C3)C(=O)NCC(N)c1ccccc1. The standard InChI is InChI=1S/C31H38N4O3/c1-31(17-25-16-22-9-5-6-10-27(22)34-25,29(36)33-18-26(32)21-7-3-2-4-8-21)35-30(37)38-28-23-12-19-11-20(14-23)15-24(28)13-19/h2-10,16,19-20,23-24,26,28,34H,11-15,17-18,32H2,1H3,(H,33,36)(H,35,37). The molecular formula is C31H38N4O3. The molecule has 7 nitrogen and oxygen atoms in total. The van der Waals surface area contributed by atoms with Crippen LogP contribution in [0.5, 0.6) is 0 Å². The molecule has 4 fully saturated rings. The molecule has 2 aromatic carbocycles. The van der Waals surface area contributed by atoms with E-state index >= 15 is 0 Å². The largest absolute Gasteiger partial charge is 0.446 e. The molecule has 2 atom stereocenters. The zero-order chi connectivity index (χ0) is 26.3. The molecule has 4 aliphatic rings. The molecule has 4 bridgehead atoms. The number of carbonyl (C=O) groups is 2. The zero-order valence-electron chi connectivity index (χ0n) is 22.0. The maximum atomic E-state index is 13.6. The van der Waals surface area contributed by atoms with Gasteiger partial charge in [0.25, 0.3) is 0 Å². The third-order valence-corrected chi connectivity index (χ3v) is 9.10. The first-order valence-corrected chi connectivity index (χ1v) is 14.0. The molecule has 0 aliphatic heterocycles. The first-order valence-electron chi connectivity index (χ1n) is 14.0. The van der Waals surface area contributed by atoms with Gasteiger partial charge in [-0.05, 0) is 85.8 Å². The number of nitrogens with two attached hydrogens (primary N) is 1. The molecule has 2 amide bonds. The number of ether oxygens (including phenoxy) is 1. The van der Waals surface area contributed by atoms with Gasteiger partial charge in [-0.3, -0.25) is 4.79 Å². The number of rotatable bonds is 8. The number of hydrogen-bond donors (Lipinski definition) is 4. The second kappa shape index (κ2) is 10.1. The van der Waals surface area contributed by atoms with Crippen LogP contribution >= 0.6 is 0 Å². The summed E-state index contributed by atoms with van der Waals surface area (Å²) in [7, 11) is 0. The van der Waals surface area contributed by atoms with Crippen molar-refractivity contribution in [2.75, 3.05) is 6.54 Å². The third kappa shape index (κ3) is 5.04. The molecular weight excluding hydrogens is 476 g/mol. The molecule has 0 spiro atoms. The Labute approximate surface area is 223 Å². The third-order valence-electron chi connectivity index (χ3n) is 9.10. The van der Waals surface area contributed by atoms with Crippen LogP contribution < -0.4 is 16.4 Å². The van der Waals surface area contributed by atoms with E-state index in [-0.39, 0.29) is 24.6 Å².